The summed E-state index contributed by atoms with van der Waals surface area (Å²) in [6, 6.07) is 10.3. The van der Waals surface area contributed by atoms with Crippen molar-refractivity contribution in [3.8, 4) is 11.5 Å². The second-order valence-corrected chi connectivity index (χ2v) is 6.06. The number of carbonyl (C=O) groups is 2. The highest BCUT2D eigenvalue weighted by molar-refractivity contribution is 6.31. The van der Waals surface area contributed by atoms with Crippen molar-refractivity contribution in [2.24, 2.45) is 0 Å². The Morgan fingerprint density at radius 2 is 1.88 bits per heavy atom. The van der Waals surface area contributed by atoms with Gasteiger partial charge in [-0.2, -0.15) is 0 Å². The first-order chi connectivity index (χ1) is 12.3. The monoisotopic (exact) mass is 376 g/mol. The van der Waals surface area contributed by atoms with Gasteiger partial charge < -0.3 is 19.7 Å². The van der Waals surface area contributed by atoms with Gasteiger partial charge in [0.15, 0.2) is 0 Å². The van der Waals surface area contributed by atoms with Gasteiger partial charge >= 0.3 is 0 Å². The van der Waals surface area contributed by atoms with E-state index in [0.29, 0.717) is 27.9 Å². The zero-order valence-electron chi connectivity index (χ0n) is 15.1. The minimum Gasteiger partial charge on any atom is -0.497 e. The van der Waals surface area contributed by atoms with E-state index in [-0.39, 0.29) is 18.4 Å². The maximum absolute atomic E-state index is 12.5. The van der Waals surface area contributed by atoms with Crippen molar-refractivity contribution in [2.75, 3.05) is 31.0 Å². The van der Waals surface area contributed by atoms with Gasteiger partial charge in [0, 0.05) is 29.8 Å². The fourth-order valence-electron chi connectivity index (χ4n) is 2.43. The summed E-state index contributed by atoms with van der Waals surface area (Å²) in [5.74, 6) is 0.435. The molecule has 0 fully saturated rings. The van der Waals surface area contributed by atoms with Gasteiger partial charge in [-0.1, -0.05) is 17.7 Å². The van der Waals surface area contributed by atoms with Crippen LogP contribution < -0.4 is 19.7 Å². The van der Waals surface area contributed by atoms with Crippen LogP contribution in [0.25, 0.3) is 0 Å². The van der Waals surface area contributed by atoms with Crippen molar-refractivity contribution < 1.29 is 19.1 Å². The molecule has 0 saturated heterocycles. The van der Waals surface area contributed by atoms with Crippen molar-refractivity contribution in [3.63, 3.8) is 0 Å². The number of hydrogen-bond donors (Lipinski definition) is 1. The number of hydrogen-bond acceptors (Lipinski definition) is 4. The molecule has 0 aliphatic heterocycles. The van der Waals surface area contributed by atoms with Crippen LogP contribution in [0.3, 0.4) is 0 Å². The first-order valence-corrected chi connectivity index (χ1v) is 8.29. The molecule has 2 rings (SSSR count). The van der Waals surface area contributed by atoms with E-state index in [2.05, 4.69) is 5.32 Å². The van der Waals surface area contributed by atoms with Crippen LogP contribution in [0.4, 0.5) is 11.4 Å². The third-order valence-electron chi connectivity index (χ3n) is 3.80. The molecule has 0 aliphatic carbocycles. The minimum atomic E-state index is -0.358. The number of rotatable bonds is 6. The first-order valence-electron chi connectivity index (χ1n) is 7.92. The normalized spacial score (nSPS) is 10.2. The predicted molar refractivity (Wildman–Crippen MR) is 102 cm³/mol. The Hall–Kier alpha value is -2.73. The van der Waals surface area contributed by atoms with Gasteiger partial charge in [-0.15, -0.1) is 0 Å². The van der Waals surface area contributed by atoms with Gasteiger partial charge in [-0.05, 0) is 30.7 Å². The topological polar surface area (TPSA) is 67.9 Å². The molecule has 0 heterocycles. The van der Waals surface area contributed by atoms with Crippen LogP contribution in [-0.2, 0) is 9.59 Å². The summed E-state index contributed by atoms with van der Waals surface area (Å²) in [5.41, 5.74) is 1.87. The van der Waals surface area contributed by atoms with Crippen LogP contribution in [0.2, 0.25) is 5.02 Å². The van der Waals surface area contributed by atoms with E-state index in [1.54, 1.807) is 43.5 Å². The molecule has 0 aromatic heterocycles. The van der Waals surface area contributed by atoms with E-state index < -0.39 is 0 Å². The summed E-state index contributed by atoms with van der Waals surface area (Å²) in [6.07, 6.45) is 0. The Labute approximate surface area is 157 Å². The van der Waals surface area contributed by atoms with Crippen molar-refractivity contribution in [1.82, 2.24) is 0 Å². The minimum absolute atomic E-state index is 0.146. The van der Waals surface area contributed by atoms with E-state index in [4.69, 9.17) is 21.1 Å². The molecule has 7 heteroatoms. The Morgan fingerprint density at radius 1 is 1.15 bits per heavy atom. The number of amides is 2. The third-order valence-corrected chi connectivity index (χ3v) is 4.21. The van der Waals surface area contributed by atoms with Gasteiger partial charge in [0.2, 0.25) is 11.8 Å². The molecule has 138 valence electrons. The fraction of sp³-hybridized carbons (Fsp3) is 0.263. The number of methoxy groups -OCH3 is 2. The molecule has 0 atom stereocenters. The lowest BCUT2D eigenvalue weighted by atomic mass is 10.2. The van der Waals surface area contributed by atoms with Crippen LogP contribution >= 0.6 is 11.6 Å². The lowest BCUT2D eigenvalue weighted by Crippen LogP contribution is -2.36. The van der Waals surface area contributed by atoms with Crippen molar-refractivity contribution >= 4 is 34.8 Å². The second-order valence-electron chi connectivity index (χ2n) is 5.66. The summed E-state index contributed by atoms with van der Waals surface area (Å²) in [6.45, 7) is 3.09. The molecular formula is C19H21ClN2O4. The number of aryl methyl sites for hydroxylation is 1. The van der Waals surface area contributed by atoms with Crippen LogP contribution in [0, 0.1) is 6.92 Å². The summed E-state index contributed by atoms with van der Waals surface area (Å²) in [7, 11) is 3.04. The first kappa shape index (κ1) is 19.6. The summed E-state index contributed by atoms with van der Waals surface area (Å²) < 4.78 is 10.4. The molecule has 2 amide bonds. The number of anilines is 2. The molecule has 26 heavy (non-hydrogen) atoms. The number of nitrogens with zero attached hydrogens (tertiary/aromatic N) is 1. The maximum atomic E-state index is 12.5. The standard InChI is InChI=1S/C19H21ClN2O4/c1-12-8-17(18(26-4)10-16(12)20)21-19(24)11-22(13(2)23)14-6-5-7-15(9-14)25-3/h5-10H,11H2,1-4H3,(H,21,24). The average molecular weight is 377 g/mol. The summed E-state index contributed by atoms with van der Waals surface area (Å²) in [4.78, 5) is 25.9. The highest BCUT2D eigenvalue weighted by Gasteiger charge is 2.18. The molecule has 0 unspecified atom stereocenters. The lowest BCUT2D eigenvalue weighted by Gasteiger charge is -2.21. The van der Waals surface area contributed by atoms with Crippen LogP contribution in [0.5, 0.6) is 11.5 Å². The van der Waals surface area contributed by atoms with Gasteiger partial charge in [0.25, 0.3) is 0 Å². The molecular weight excluding hydrogens is 356 g/mol. The predicted octanol–water partition coefficient (Wildman–Crippen LogP) is 3.66. The smallest absolute Gasteiger partial charge is 0.244 e. The fourth-order valence-corrected chi connectivity index (χ4v) is 2.58. The molecule has 6 nitrogen and oxygen atoms in total. The van der Waals surface area contributed by atoms with Crippen LogP contribution in [0.15, 0.2) is 36.4 Å². The SMILES string of the molecule is COc1cccc(N(CC(=O)Nc2cc(C)c(Cl)cc2OC)C(C)=O)c1. The Morgan fingerprint density at radius 3 is 2.50 bits per heavy atom. The lowest BCUT2D eigenvalue weighted by molar-refractivity contribution is -0.120. The number of carbonyl (C=O) groups excluding carboxylic acids is 2. The zero-order chi connectivity index (χ0) is 19.3. The van der Waals surface area contributed by atoms with E-state index >= 15 is 0 Å². The van der Waals surface area contributed by atoms with Crippen molar-refractivity contribution in [3.05, 3.63) is 47.0 Å². The van der Waals surface area contributed by atoms with Crippen molar-refractivity contribution in [1.29, 1.82) is 0 Å². The molecule has 0 saturated carbocycles. The second kappa shape index (κ2) is 8.58. The highest BCUT2D eigenvalue weighted by Crippen LogP contribution is 2.31. The molecule has 2 aromatic rings. The van der Waals surface area contributed by atoms with Crippen molar-refractivity contribution in [2.45, 2.75) is 13.8 Å². The van der Waals surface area contributed by atoms with E-state index in [9.17, 15) is 9.59 Å². The molecule has 2 aromatic carbocycles. The Bertz CT molecular complexity index is 823. The number of ether oxygens (including phenoxy) is 2. The van der Waals surface area contributed by atoms with Gasteiger partial charge in [-0.25, -0.2) is 0 Å². The van der Waals surface area contributed by atoms with Crippen LogP contribution in [-0.4, -0.2) is 32.6 Å². The van der Waals surface area contributed by atoms with Crippen LogP contribution in [0.1, 0.15) is 12.5 Å². The average Bonchev–Trinajstić information content (AvgIpc) is 2.62. The Balaban J connectivity index is 2.21. The van der Waals surface area contributed by atoms with E-state index in [0.717, 1.165) is 5.56 Å². The van der Waals surface area contributed by atoms with Gasteiger partial charge in [-0.3, -0.25) is 9.59 Å². The third kappa shape index (κ3) is 4.67. The van der Waals surface area contributed by atoms with E-state index in [1.165, 1.54) is 18.9 Å². The maximum Gasteiger partial charge on any atom is 0.244 e. The Kier molecular flexibility index (Phi) is 6.46. The van der Waals surface area contributed by atoms with Gasteiger partial charge in [0.05, 0.1) is 19.9 Å². The molecule has 0 bridgehead atoms. The largest absolute Gasteiger partial charge is 0.497 e. The molecule has 0 spiro atoms. The molecule has 0 radical (unpaired) electrons. The van der Waals surface area contributed by atoms with Gasteiger partial charge in [0.1, 0.15) is 18.0 Å². The zero-order valence-corrected chi connectivity index (χ0v) is 15.9. The summed E-state index contributed by atoms with van der Waals surface area (Å²) in [5, 5.41) is 3.31. The summed E-state index contributed by atoms with van der Waals surface area (Å²) >= 11 is 6.08. The highest BCUT2D eigenvalue weighted by atomic mass is 35.5. The molecule has 0 aliphatic rings. The van der Waals surface area contributed by atoms with E-state index in [1.807, 2.05) is 6.92 Å². The number of nitrogens with one attached hydrogen (secondary N) is 1. The number of halogens is 1. The molecule has 1 N–H and O–H groups in total. The number of benzene rings is 2. The quantitative estimate of drug-likeness (QED) is 0.835.